The normalized spacial score (nSPS) is 30.4. The Morgan fingerprint density at radius 2 is 1.76 bits per heavy atom. The number of likely N-dealkylation sites (tertiary alicyclic amines) is 1. The predicted molar refractivity (Wildman–Crippen MR) is 74.2 cm³/mol. The molecule has 1 atom stereocenters. The molecule has 0 unspecified atom stereocenters. The zero-order valence-corrected chi connectivity index (χ0v) is 12.4. The fourth-order valence-electron chi connectivity index (χ4n) is 3.37. The molecule has 1 amide bonds. The monoisotopic (exact) mass is 302 g/mol. The Bertz CT molecular complexity index is 378. The molecule has 1 aliphatic carbocycles. The lowest BCUT2D eigenvalue weighted by atomic mass is 9.95. The Balaban J connectivity index is 1.37. The van der Waals surface area contributed by atoms with Crippen molar-refractivity contribution in [3.63, 3.8) is 0 Å². The molecule has 0 aromatic rings. The van der Waals surface area contributed by atoms with Gasteiger partial charge in [-0.2, -0.15) is 0 Å². The number of carbonyl (C=O) groups excluding carboxylic acids is 1. The van der Waals surface area contributed by atoms with E-state index >= 15 is 0 Å². The van der Waals surface area contributed by atoms with Crippen LogP contribution in [0.1, 0.15) is 25.7 Å². The van der Waals surface area contributed by atoms with Crippen LogP contribution in [0.2, 0.25) is 0 Å². The van der Waals surface area contributed by atoms with E-state index in [1.807, 2.05) is 4.90 Å². The summed E-state index contributed by atoms with van der Waals surface area (Å²) in [5, 5.41) is 0. The molecule has 2 saturated heterocycles. The molecular formula is C15H24F2N2O2. The summed E-state index contributed by atoms with van der Waals surface area (Å²) in [6.45, 7) is 5.16. The van der Waals surface area contributed by atoms with Gasteiger partial charge >= 0.3 is 0 Å². The summed E-state index contributed by atoms with van der Waals surface area (Å²) in [4.78, 5) is 16.5. The number of rotatable bonds is 4. The molecule has 3 aliphatic rings. The largest absolute Gasteiger partial charge is 0.378 e. The SMILES string of the molecule is O=C(C1CCN(CC[C@@H]2CC2(F)F)CC1)N1CCOCC1. The molecule has 120 valence electrons. The molecular weight excluding hydrogens is 278 g/mol. The van der Waals surface area contributed by atoms with Crippen LogP contribution < -0.4 is 0 Å². The number of halogens is 2. The first-order valence-electron chi connectivity index (χ1n) is 8.03. The van der Waals surface area contributed by atoms with Gasteiger partial charge in [0.05, 0.1) is 13.2 Å². The van der Waals surface area contributed by atoms with Crippen molar-refractivity contribution in [2.75, 3.05) is 45.9 Å². The van der Waals surface area contributed by atoms with Crippen molar-refractivity contribution in [2.45, 2.75) is 31.6 Å². The van der Waals surface area contributed by atoms with Gasteiger partial charge in [-0.25, -0.2) is 8.78 Å². The van der Waals surface area contributed by atoms with E-state index < -0.39 is 11.8 Å². The fraction of sp³-hybridized carbons (Fsp3) is 0.933. The van der Waals surface area contributed by atoms with E-state index in [0.29, 0.717) is 32.7 Å². The Morgan fingerprint density at radius 3 is 2.33 bits per heavy atom. The van der Waals surface area contributed by atoms with E-state index in [9.17, 15) is 13.6 Å². The summed E-state index contributed by atoms with van der Waals surface area (Å²) in [5.41, 5.74) is 0. The molecule has 21 heavy (non-hydrogen) atoms. The molecule has 2 heterocycles. The number of piperidine rings is 1. The minimum absolute atomic E-state index is 0.0684. The summed E-state index contributed by atoms with van der Waals surface area (Å²) in [5.74, 6) is -2.43. The minimum atomic E-state index is -2.40. The van der Waals surface area contributed by atoms with Crippen molar-refractivity contribution in [2.24, 2.45) is 11.8 Å². The summed E-state index contributed by atoms with van der Waals surface area (Å²) < 4.78 is 31.0. The molecule has 0 aromatic carbocycles. The Kier molecular flexibility index (Phi) is 4.45. The number of alkyl halides is 2. The predicted octanol–water partition coefficient (Wildman–Crippen LogP) is 1.60. The molecule has 3 fully saturated rings. The standard InChI is InChI=1S/C15H24F2N2O2/c16-15(17)11-13(15)3-6-18-4-1-12(2-5-18)14(20)19-7-9-21-10-8-19/h12-13H,1-11H2/t13-/m1/s1. The van der Waals surface area contributed by atoms with E-state index in [1.54, 1.807) is 0 Å². The third-order valence-corrected chi connectivity index (χ3v) is 5.01. The van der Waals surface area contributed by atoms with Crippen molar-refractivity contribution in [1.82, 2.24) is 9.80 Å². The molecule has 0 spiro atoms. The van der Waals surface area contributed by atoms with Crippen molar-refractivity contribution in [3.8, 4) is 0 Å². The molecule has 0 bridgehead atoms. The summed E-state index contributed by atoms with van der Waals surface area (Å²) in [6.07, 6.45) is 2.38. The highest BCUT2D eigenvalue weighted by Crippen LogP contribution is 2.50. The lowest BCUT2D eigenvalue weighted by molar-refractivity contribution is -0.141. The first kappa shape index (κ1) is 15.2. The van der Waals surface area contributed by atoms with Gasteiger partial charge in [0.15, 0.2) is 0 Å². The van der Waals surface area contributed by atoms with Gasteiger partial charge in [0.1, 0.15) is 0 Å². The van der Waals surface area contributed by atoms with Gasteiger partial charge in [0.2, 0.25) is 5.91 Å². The number of morpholine rings is 1. The second-order valence-corrected chi connectivity index (χ2v) is 6.50. The average Bonchev–Trinajstić information content (AvgIpc) is 3.13. The highest BCUT2D eigenvalue weighted by molar-refractivity contribution is 5.79. The van der Waals surface area contributed by atoms with E-state index in [2.05, 4.69) is 4.90 Å². The van der Waals surface area contributed by atoms with Crippen LogP contribution in [0.4, 0.5) is 8.78 Å². The molecule has 3 rings (SSSR count). The molecule has 4 nitrogen and oxygen atoms in total. The Labute approximate surface area is 124 Å². The van der Waals surface area contributed by atoms with Crippen LogP contribution in [0.25, 0.3) is 0 Å². The lowest BCUT2D eigenvalue weighted by Crippen LogP contribution is -2.46. The third-order valence-electron chi connectivity index (χ3n) is 5.01. The van der Waals surface area contributed by atoms with Gasteiger partial charge in [-0.15, -0.1) is 0 Å². The summed E-state index contributed by atoms with van der Waals surface area (Å²) in [6, 6.07) is 0. The lowest BCUT2D eigenvalue weighted by Gasteiger charge is -2.35. The van der Waals surface area contributed by atoms with Crippen LogP contribution in [-0.2, 0) is 9.53 Å². The number of carbonyl (C=O) groups is 1. The number of amides is 1. The van der Waals surface area contributed by atoms with E-state index in [1.165, 1.54) is 0 Å². The molecule has 0 aromatic heterocycles. The van der Waals surface area contributed by atoms with Gasteiger partial charge in [-0.3, -0.25) is 4.79 Å². The average molecular weight is 302 g/mol. The maximum absolute atomic E-state index is 12.8. The van der Waals surface area contributed by atoms with E-state index in [4.69, 9.17) is 4.74 Å². The van der Waals surface area contributed by atoms with Crippen molar-refractivity contribution in [1.29, 1.82) is 0 Å². The van der Waals surface area contributed by atoms with Crippen LogP contribution in [0.3, 0.4) is 0 Å². The molecule has 0 radical (unpaired) electrons. The smallest absolute Gasteiger partial charge is 0.251 e. The molecule has 2 aliphatic heterocycles. The second-order valence-electron chi connectivity index (χ2n) is 6.50. The van der Waals surface area contributed by atoms with Crippen LogP contribution in [0.15, 0.2) is 0 Å². The van der Waals surface area contributed by atoms with Gasteiger partial charge < -0.3 is 14.5 Å². The van der Waals surface area contributed by atoms with Gasteiger partial charge in [-0.05, 0) is 38.9 Å². The zero-order chi connectivity index (χ0) is 14.9. The first-order chi connectivity index (χ1) is 10.1. The van der Waals surface area contributed by atoms with Crippen LogP contribution in [0, 0.1) is 11.8 Å². The van der Waals surface area contributed by atoms with E-state index in [0.717, 1.165) is 32.5 Å². The third kappa shape index (κ3) is 3.72. The number of hydrogen-bond donors (Lipinski definition) is 0. The number of hydrogen-bond acceptors (Lipinski definition) is 3. The molecule has 1 saturated carbocycles. The van der Waals surface area contributed by atoms with Gasteiger partial charge in [0.25, 0.3) is 5.92 Å². The topological polar surface area (TPSA) is 32.8 Å². The van der Waals surface area contributed by atoms with Crippen LogP contribution in [-0.4, -0.2) is 67.6 Å². The summed E-state index contributed by atoms with van der Waals surface area (Å²) in [7, 11) is 0. The van der Waals surface area contributed by atoms with Gasteiger partial charge in [0, 0.05) is 31.3 Å². The quantitative estimate of drug-likeness (QED) is 0.791. The number of nitrogens with zero attached hydrogens (tertiary/aromatic N) is 2. The summed E-state index contributed by atoms with van der Waals surface area (Å²) >= 11 is 0. The van der Waals surface area contributed by atoms with Crippen LogP contribution in [0.5, 0.6) is 0 Å². The van der Waals surface area contributed by atoms with Crippen molar-refractivity contribution >= 4 is 5.91 Å². The highest BCUT2D eigenvalue weighted by Gasteiger charge is 2.56. The first-order valence-corrected chi connectivity index (χ1v) is 8.03. The maximum atomic E-state index is 12.8. The minimum Gasteiger partial charge on any atom is -0.378 e. The number of ether oxygens (including phenoxy) is 1. The van der Waals surface area contributed by atoms with Gasteiger partial charge in [-0.1, -0.05) is 0 Å². The molecule has 6 heteroatoms. The second kappa shape index (κ2) is 6.16. The highest BCUT2D eigenvalue weighted by atomic mass is 19.3. The fourth-order valence-corrected chi connectivity index (χ4v) is 3.37. The van der Waals surface area contributed by atoms with Crippen molar-refractivity contribution in [3.05, 3.63) is 0 Å². The zero-order valence-electron chi connectivity index (χ0n) is 12.4. The maximum Gasteiger partial charge on any atom is 0.251 e. The Morgan fingerprint density at radius 1 is 1.14 bits per heavy atom. The van der Waals surface area contributed by atoms with Crippen molar-refractivity contribution < 1.29 is 18.3 Å². The van der Waals surface area contributed by atoms with E-state index in [-0.39, 0.29) is 18.2 Å². The van der Waals surface area contributed by atoms with Crippen LogP contribution >= 0.6 is 0 Å². The molecule has 0 N–H and O–H groups in total. The Hall–Kier alpha value is -0.750.